The molecular weight excluding hydrogens is 603 g/mol. The molecular formula is C33H33FN2O10. The van der Waals surface area contributed by atoms with Crippen molar-refractivity contribution >= 4 is 29.8 Å². The zero-order valence-electron chi connectivity index (χ0n) is 25.6. The number of nitrogens with one attached hydrogen (secondary N) is 1. The second-order valence-electron chi connectivity index (χ2n) is 10.7. The summed E-state index contributed by atoms with van der Waals surface area (Å²) in [6.07, 6.45) is -1.02. The average molecular weight is 637 g/mol. The first kappa shape index (κ1) is 33.6. The van der Waals surface area contributed by atoms with Gasteiger partial charge in [-0.05, 0) is 31.0 Å². The van der Waals surface area contributed by atoms with Crippen molar-refractivity contribution in [1.82, 2.24) is 10.3 Å². The third kappa shape index (κ3) is 8.03. The molecule has 3 aromatic rings. The van der Waals surface area contributed by atoms with Crippen molar-refractivity contribution in [2.45, 2.75) is 45.4 Å². The first-order chi connectivity index (χ1) is 22.0. The van der Waals surface area contributed by atoms with Gasteiger partial charge in [-0.3, -0.25) is 14.4 Å². The van der Waals surface area contributed by atoms with E-state index in [0.717, 1.165) is 11.6 Å². The van der Waals surface area contributed by atoms with Crippen LogP contribution in [0.2, 0.25) is 0 Å². The topological polar surface area (TPSA) is 156 Å². The number of hydrogen-bond acceptors (Lipinski definition) is 11. The summed E-state index contributed by atoms with van der Waals surface area (Å²) in [5.74, 6) is -7.50. The van der Waals surface area contributed by atoms with Gasteiger partial charge in [-0.25, -0.2) is 19.0 Å². The second-order valence-corrected chi connectivity index (χ2v) is 10.7. The Morgan fingerprint density at radius 3 is 2.39 bits per heavy atom. The molecule has 13 heteroatoms. The van der Waals surface area contributed by atoms with Crippen molar-refractivity contribution in [1.29, 1.82) is 0 Å². The first-order valence-corrected chi connectivity index (χ1v) is 14.4. The summed E-state index contributed by atoms with van der Waals surface area (Å²) in [5.41, 5.74) is -0.140. The Bertz CT molecular complexity index is 1600. The number of esters is 4. The van der Waals surface area contributed by atoms with Crippen LogP contribution in [0.5, 0.6) is 11.5 Å². The largest absolute Gasteiger partial charge is 0.493 e. The number of benzene rings is 2. The number of pyridine rings is 1. The van der Waals surface area contributed by atoms with Gasteiger partial charge in [0.2, 0.25) is 5.75 Å². The van der Waals surface area contributed by atoms with Crippen molar-refractivity contribution in [3.63, 3.8) is 0 Å². The fraction of sp³-hybridized carbons (Fsp3) is 0.333. The third-order valence-electron chi connectivity index (χ3n) is 7.06. The normalized spacial score (nSPS) is 19.9. The molecule has 0 bridgehead atoms. The van der Waals surface area contributed by atoms with E-state index in [-0.39, 0.29) is 12.2 Å². The highest BCUT2D eigenvalue weighted by molar-refractivity contribution is 6.00. The number of methoxy groups -OCH3 is 1. The lowest BCUT2D eigenvalue weighted by Gasteiger charge is -2.29. The fourth-order valence-corrected chi connectivity index (χ4v) is 4.60. The number of ether oxygens (including phenoxy) is 5. The van der Waals surface area contributed by atoms with Crippen molar-refractivity contribution in [3.05, 3.63) is 89.5 Å². The number of cyclic esters (lactones) is 2. The van der Waals surface area contributed by atoms with Crippen LogP contribution in [0, 0.1) is 17.7 Å². The molecule has 4 atom stereocenters. The zero-order valence-corrected chi connectivity index (χ0v) is 25.6. The van der Waals surface area contributed by atoms with Crippen molar-refractivity contribution < 1.29 is 52.0 Å². The van der Waals surface area contributed by atoms with Crippen LogP contribution in [0.15, 0.2) is 66.9 Å². The van der Waals surface area contributed by atoms with Gasteiger partial charge in [0, 0.05) is 12.3 Å². The molecule has 1 unspecified atom stereocenters. The highest BCUT2D eigenvalue weighted by Crippen LogP contribution is 2.31. The Kier molecular flexibility index (Phi) is 11.0. The molecule has 1 N–H and O–H groups in total. The van der Waals surface area contributed by atoms with Crippen molar-refractivity contribution in [2.24, 2.45) is 11.8 Å². The number of carbonyl (C=O) groups excluding carboxylic acids is 5. The summed E-state index contributed by atoms with van der Waals surface area (Å²) >= 11 is 0. The standard InChI is InChI=1S/C33H33FN2O10/c1-18(2)30(38)45-27-19(3)44-33(41)24(17-43-31(39)22(27)16-20-10-6-5-7-11-20)36-29(37)26-28(25(42-4)14-15-35-26)46-32(40)21-12-8-9-13-23(21)34/h5-15,18-19,22,24,27H,16-17H2,1-4H3,(H,36,37)/t19-,22+,24-,27?/m0/s1. The number of amides is 1. The van der Waals surface area contributed by atoms with E-state index in [4.69, 9.17) is 23.7 Å². The van der Waals surface area contributed by atoms with E-state index >= 15 is 0 Å². The molecule has 1 aromatic heterocycles. The molecule has 1 saturated heterocycles. The Morgan fingerprint density at radius 2 is 1.72 bits per heavy atom. The monoisotopic (exact) mass is 636 g/mol. The molecule has 46 heavy (non-hydrogen) atoms. The molecule has 242 valence electrons. The van der Waals surface area contributed by atoms with Gasteiger partial charge in [-0.1, -0.05) is 56.3 Å². The summed E-state index contributed by atoms with van der Waals surface area (Å²) in [7, 11) is 1.25. The molecule has 2 aromatic carbocycles. The molecule has 0 radical (unpaired) electrons. The highest BCUT2D eigenvalue weighted by Gasteiger charge is 2.42. The van der Waals surface area contributed by atoms with E-state index in [9.17, 15) is 28.4 Å². The quantitative estimate of drug-likeness (QED) is 0.271. The molecule has 0 aliphatic carbocycles. The Labute approximate surface area is 264 Å². The number of rotatable bonds is 9. The Hall–Kier alpha value is -5.33. The minimum Gasteiger partial charge on any atom is -0.493 e. The average Bonchev–Trinajstić information content (AvgIpc) is 3.07. The molecule has 1 aliphatic heterocycles. The third-order valence-corrected chi connectivity index (χ3v) is 7.06. The summed E-state index contributed by atoms with van der Waals surface area (Å²) in [5, 5.41) is 2.39. The summed E-state index contributed by atoms with van der Waals surface area (Å²) < 4.78 is 41.6. The predicted octanol–water partition coefficient (Wildman–Crippen LogP) is 3.46. The van der Waals surface area contributed by atoms with Crippen LogP contribution in [0.4, 0.5) is 4.39 Å². The maximum Gasteiger partial charge on any atom is 0.346 e. The molecule has 1 amide bonds. The van der Waals surface area contributed by atoms with Crippen LogP contribution < -0.4 is 14.8 Å². The SMILES string of the molecule is COc1ccnc(C(=O)N[C@H]2COC(=O)[C@H](Cc3ccccc3)C(OC(=O)C(C)C)[C@H](C)OC2=O)c1OC(=O)c1ccccc1F. The van der Waals surface area contributed by atoms with Crippen LogP contribution in [-0.4, -0.2) is 66.7 Å². The van der Waals surface area contributed by atoms with Crippen LogP contribution in [-0.2, 0) is 35.0 Å². The number of halogens is 1. The molecule has 1 aliphatic rings. The lowest BCUT2D eigenvalue weighted by molar-refractivity contribution is -0.176. The molecule has 2 heterocycles. The van der Waals surface area contributed by atoms with Gasteiger partial charge in [0.15, 0.2) is 23.6 Å². The highest BCUT2D eigenvalue weighted by atomic mass is 19.1. The maximum atomic E-state index is 14.2. The minimum atomic E-state index is -1.54. The number of aromatic nitrogens is 1. The van der Waals surface area contributed by atoms with Gasteiger partial charge >= 0.3 is 23.9 Å². The number of carbonyl (C=O) groups is 5. The number of nitrogens with zero attached hydrogens (tertiary/aromatic N) is 1. The molecule has 1 fully saturated rings. The summed E-state index contributed by atoms with van der Waals surface area (Å²) in [6, 6.07) is 13.8. The van der Waals surface area contributed by atoms with E-state index in [1.165, 1.54) is 44.5 Å². The summed E-state index contributed by atoms with van der Waals surface area (Å²) in [6.45, 7) is 4.08. The van der Waals surface area contributed by atoms with E-state index in [0.29, 0.717) is 0 Å². The Balaban J connectivity index is 1.60. The van der Waals surface area contributed by atoms with Crippen LogP contribution in [0.1, 0.15) is 47.2 Å². The van der Waals surface area contributed by atoms with Gasteiger partial charge < -0.3 is 29.0 Å². The second kappa shape index (κ2) is 15.1. The summed E-state index contributed by atoms with van der Waals surface area (Å²) in [4.78, 5) is 69.6. The van der Waals surface area contributed by atoms with E-state index in [2.05, 4.69) is 10.3 Å². The van der Waals surface area contributed by atoms with Gasteiger partial charge in [-0.2, -0.15) is 0 Å². The molecule has 4 rings (SSSR count). The van der Waals surface area contributed by atoms with Crippen LogP contribution in [0.3, 0.4) is 0 Å². The van der Waals surface area contributed by atoms with Gasteiger partial charge in [0.25, 0.3) is 5.91 Å². The van der Waals surface area contributed by atoms with Crippen molar-refractivity contribution in [3.8, 4) is 11.5 Å². The van der Waals surface area contributed by atoms with Crippen molar-refractivity contribution in [2.75, 3.05) is 13.7 Å². The predicted molar refractivity (Wildman–Crippen MR) is 158 cm³/mol. The molecule has 12 nitrogen and oxygen atoms in total. The van der Waals surface area contributed by atoms with E-state index < -0.39 is 89.3 Å². The zero-order chi connectivity index (χ0) is 33.4. The van der Waals surface area contributed by atoms with Crippen LogP contribution >= 0.6 is 0 Å². The molecule has 0 spiro atoms. The smallest absolute Gasteiger partial charge is 0.346 e. The fourth-order valence-electron chi connectivity index (χ4n) is 4.60. The van der Waals surface area contributed by atoms with E-state index in [1.807, 2.05) is 6.07 Å². The minimum absolute atomic E-state index is 0.0829. The Morgan fingerprint density at radius 1 is 1.02 bits per heavy atom. The first-order valence-electron chi connectivity index (χ1n) is 14.4. The van der Waals surface area contributed by atoms with Crippen LogP contribution in [0.25, 0.3) is 0 Å². The van der Waals surface area contributed by atoms with Gasteiger partial charge in [0.05, 0.1) is 18.6 Å². The van der Waals surface area contributed by atoms with Gasteiger partial charge in [0.1, 0.15) is 24.4 Å². The lowest BCUT2D eigenvalue weighted by atomic mass is 9.91. The lowest BCUT2D eigenvalue weighted by Crippen LogP contribution is -2.47. The molecule has 0 saturated carbocycles. The van der Waals surface area contributed by atoms with Gasteiger partial charge in [-0.15, -0.1) is 0 Å². The number of hydrogen-bond donors (Lipinski definition) is 1. The van der Waals surface area contributed by atoms with E-state index in [1.54, 1.807) is 38.1 Å². The maximum absolute atomic E-state index is 14.2.